The van der Waals surface area contributed by atoms with Gasteiger partial charge < -0.3 is 19.5 Å². The van der Waals surface area contributed by atoms with Crippen molar-refractivity contribution in [3.05, 3.63) is 42.0 Å². The van der Waals surface area contributed by atoms with Crippen molar-refractivity contribution in [1.82, 2.24) is 0 Å². The smallest absolute Gasteiger partial charge is 0.161 e. The molecule has 0 spiro atoms. The van der Waals surface area contributed by atoms with Gasteiger partial charge in [0.1, 0.15) is 0 Å². The summed E-state index contributed by atoms with van der Waals surface area (Å²) in [5, 5.41) is 9.94. The fourth-order valence-electron chi connectivity index (χ4n) is 2.76. The van der Waals surface area contributed by atoms with Crippen LogP contribution in [0.2, 0.25) is 0 Å². The molecule has 1 N–H and O–H groups in total. The highest BCUT2D eigenvalue weighted by Crippen LogP contribution is 2.35. The van der Waals surface area contributed by atoms with Crippen LogP contribution in [-0.2, 0) is 4.74 Å². The lowest BCUT2D eigenvalue weighted by Crippen LogP contribution is -2.36. The first kappa shape index (κ1) is 14.7. The van der Waals surface area contributed by atoms with Gasteiger partial charge in [0.15, 0.2) is 11.5 Å². The quantitative estimate of drug-likeness (QED) is 0.945. The van der Waals surface area contributed by atoms with Crippen molar-refractivity contribution in [1.29, 1.82) is 0 Å². The number of benzene rings is 2. The van der Waals surface area contributed by atoms with Crippen molar-refractivity contribution in [3.63, 3.8) is 0 Å². The molecule has 1 heterocycles. The molecule has 0 aromatic heterocycles. The highest BCUT2D eigenvalue weighted by Gasteiger charge is 2.12. The van der Waals surface area contributed by atoms with Crippen LogP contribution >= 0.6 is 0 Å². The second kappa shape index (κ2) is 6.28. The Hall–Kier alpha value is -2.20. The van der Waals surface area contributed by atoms with Gasteiger partial charge in [-0.1, -0.05) is 12.1 Å². The molecule has 0 radical (unpaired) electrons. The zero-order valence-electron chi connectivity index (χ0n) is 13.0. The Morgan fingerprint density at radius 3 is 2.36 bits per heavy atom. The van der Waals surface area contributed by atoms with Gasteiger partial charge in [-0.25, -0.2) is 0 Å². The highest BCUT2D eigenvalue weighted by molar-refractivity contribution is 5.70. The van der Waals surface area contributed by atoms with Crippen LogP contribution < -0.4 is 9.64 Å². The second-order valence-corrected chi connectivity index (χ2v) is 5.49. The SMILES string of the molecule is COc1cc(-c2ccc(N3CCOCC3)cc2)cc(C)c1O. The lowest BCUT2D eigenvalue weighted by Gasteiger charge is -2.29. The van der Waals surface area contributed by atoms with Crippen LogP contribution in [0.4, 0.5) is 5.69 Å². The highest BCUT2D eigenvalue weighted by atomic mass is 16.5. The van der Waals surface area contributed by atoms with E-state index >= 15 is 0 Å². The Labute approximate surface area is 130 Å². The molecule has 0 bridgehead atoms. The molecule has 0 amide bonds. The Kier molecular flexibility index (Phi) is 4.20. The first-order valence-electron chi connectivity index (χ1n) is 7.50. The summed E-state index contributed by atoms with van der Waals surface area (Å²) >= 11 is 0. The number of rotatable bonds is 3. The molecule has 2 aromatic carbocycles. The van der Waals surface area contributed by atoms with E-state index in [1.54, 1.807) is 7.11 Å². The van der Waals surface area contributed by atoms with Gasteiger partial charge in [-0.3, -0.25) is 0 Å². The molecule has 22 heavy (non-hydrogen) atoms. The monoisotopic (exact) mass is 299 g/mol. The van der Waals surface area contributed by atoms with E-state index < -0.39 is 0 Å². The molecule has 2 aromatic rings. The van der Waals surface area contributed by atoms with E-state index in [9.17, 15) is 5.11 Å². The summed E-state index contributed by atoms with van der Waals surface area (Å²) in [6, 6.07) is 12.3. The molecule has 3 rings (SSSR count). The number of aryl methyl sites for hydroxylation is 1. The first-order chi connectivity index (χ1) is 10.7. The minimum atomic E-state index is 0.205. The van der Waals surface area contributed by atoms with Crippen molar-refractivity contribution < 1.29 is 14.6 Å². The molecule has 116 valence electrons. The van der Waals surface area contributed by atoms with Crippen LogP contribution in [0.1, 0.15) is 5.56 Å². The Balaban J connectivity index is 1.88. The number of anilines is 1. The summed E-state index contributed by atoms with van der Waals surface area (Å²) in [5.41, 5.74) is 4.18. The zero-order chi connectivity index (χ0) is 15.5. The van der Waals surface area contributed by atoms with Gasteiger partial charge in [0.25, 0.3) is 0 Å². The summed E-state index contributed by atoms with van der Waals surface area (Å²) in [6.45, 7) is 5.33. The molecule has 0 saturated carbocycles. The third-order valence-corrected chi connectivity index (χ3v) is 4.06. The number of morpholine rings is 1. The van der Waals surface area contributed by atoms with Gasteiger partial charge >= 0.3 is 0 Å². The van der Waals surface area contributed by atoms with Crippen molar-refractivity contribution >= 4 is 5.69 Å². The summed E-state index contributed by atoms with van der Waals surface area (Å²) in [6.07, 6.45) is 0. The Bertz CT molecular complexity index is 646. The third kappa shape index (κ3) is 2.88. The number of methoxy groups -OCH3 is 1. The Morgan fingerprint density at radius 2 is 1.73 bits per heavy atom. The van der Waals surface area contributed by atoms with Crippen molar-refractivity contribution in [2.24, 2.45) is 0 Å². The topological polar surface area (TPSA) is 41.9 Å². The maximum absolute atomic E-state index is 9.94. The van der Waals surface area contributed by atoms with E-state index in [4.69, 9.17) is 9.47 Å². The van der Waals surface area contributed by atoms with Crippen LogP contribution in [0.5, 0.6) is 11.5 Å². The number of ether oxygens (including phenoxy) is 2. The predicted molar refractivity (Wildman–Crippen MR) is 87.9 cm³/mol. The van der Waals surface area contributed by atoms with Gasteiger partial charge in [-0.2, -0.15) is 0 Å². The van der Waals surface area contributed by atoms with E-state index in [0.717, 1.165) is 43.0 Å². The molecule has 0 unspecified atom stereocenters. The number of nitrogens with zero attached hydrogens (tertiary/aromatic N) is 1. The number of phenols is 1. The van der Waals surface area contributed by atoms with E-state index in [2.05, 4.69) is 29.2 Å². The minimum Gasteiger partial charge on any atom is -0.504 e. The van der Waals surface area contributed by atoms with Crippen molar-refractivity contribution in [2.75, 3.05) is 38.3 Å². The average Bonchev–Trinajstić information content (AvgIpc) is 2.58. The molecule has 0 atom stereocenters. The number of aromatic hydroxyl groups is 1. The van der Waals surface area contributed by atoms with Gasteiger partial charge in [0.05, 0.1) is 20.3 Å². The lowest BCUT2D eigenvalue weighted by atomic mass is 10.0. The summed E-state index contributed by atoms with van der Waals surface area (Å²) in [7, 11) is 1.57. The molecular formula is C18H21NO3. The van der Waals surface area contributed by atoms with E-state index in [1.807, 2.05) is 19.1 Å². The van der Waals surface area contributed by atoms with Crippen molar-refractivity contribution in [3.8, 4) is 22.6 Å². The average molecular weight is 299 g/mol. The minimum absolute atomic E-state index is 0.205. The van der Waals surface area contributed by atoms with Crippen LogP contribution in [0, 0.1) is 6.92 Å². The summed E-state index contributed by atoms with van der Waals surface area (Å²) < 4.78 is 10.6. The normalized spacial score (nSPS) is 14.9. The molecule has 4 heteroatoms. The van der Waals surface area contributed by atoms with Crippen LogP contribution in [0.3, 0.4) is 0 Å². The van der Waals surface area contributed by atoms with Crippen LogP contribution in [0.25, 0.3) is 11.1 Å². The molecule has 1 aliphatic rings. The first-order valence-corrected chi connectivity index (χ1v) is 7.50. The standard InChI is InChI=1S/C18H21NO3/c1-13-11-15(12-17(21-2)18(13)20)14-3-5-16(6-4-14)19-7-9-22-10-8-19/h3-6,11-12,20H,7-10H2,1-2H3. The molecule has 1 saturated heterocycles. The number of phenolic OH excluding ortho intramolecular Hbond substituents is 1. The maximum Gasteiger partial charge on any atom is 0.161 e. The number of hydrogen-bond acceptors (Lipinski definition) is 4. The molecule has 1 aliphatic heterocycles. The fourth-order valence-corrected chi connectivity index (χ4v) is 2.76. The fraction of sp³-hybridized carbons (Fsp3) is 0.333. The van der Waals surface area contributed by atoms with Crippen LogP contribution in [-0.4, -0.2) is 38.5 Å². The predicted octanol–water partition coefficient (Wildman–Crippen LogP) is 3.21. The summed E-state index contributed by atoms with van der Waals surface area (Å²) in [4.78, 5) is 2.33. The summed E-state index contributed by atoms with van der Waals surface area (Å²) in [5.74, 6) is 0.712. The van der Waals surface area contributed by atoms with Crippen molar-refractivity contribution in [2.45, 2.75) is 6.92 Å². The molecule has 4 nitrogen and oxygen atoms in total. The van der Waals surface area contributed by atoms with Crippen LogP contribution in [0.15, 0.2) is 36.4 Å². The van der Waals surface area contributed by atoms with Gasteiger partial charge in [-0.05, 0) is 47.9 Å². The largest absolute Gasteiger partial charge is 0.504 e. The lowest BCUT2D eigenvalue weighted by molar-refractivity contribution is 0.122. The number of hydrogen-bond donors (Lipinski definition) is 1. The van der Waals surface area contributed by atoms with E-state index in [0.29, 0.717) is 5.75 Å². The second-order valence-electron chi connectivity index (χ2n) is 5.49. The van der Waals surface area contributed by atoms with Gasteiger partial charge in [0, 0.05) is 18.8 Å². The van der Waals surface area contributed by atoms with Gasteiger partial charge in [-0.15, -0.1) is 0 Å². The molecule has 0 aliphatic carbocycles. The van der Waals surface area contributed by atoms with Gasteiger partial charge in [0.2, 0.25) is 0 Å². The molecule has 1 fully saturated rings. The Morgan fingerprint density at radius 1 is 1.05 bits per heavy atom. The zero-order valence-corrected chi connectivity index (χ0v) is 13.0. The maximum atomic E-state index is 9.94. The molecular weight excluding hydrogens is 278 g/mol. The van der Waals surface area contributed by atoms with E-state index in [1.165, 1.54) is 5.69 Å². The van der Waals surface area contributed by atoms with E-state index in [-0.39, 0.29) is 5.75 Å². The third-order valence-electron chi connectivity index (χ3n) is 4.06.